The van der Waals surface area contributed by atoms with Crippen molar-refractivity contribution < 1.29 is 9.21 Å². The van der Waals surface area contributed by atoms with Crippen LogP contribution in [-0.4, -0.2) is 11.8 Å². The number of carbonyl (C=O) groups excluding carboxylic acids is 1. The normalized spacial score (nSPS) is 12.2. The molecule has 0 bridgehead atoms. The van der Waals surface area contributed by atoms with Gasteiger partial charge in [-0.05, 0) is 17.7 Å². The first-order chi connectivity index (χ1) is 10.3. The number of rotatable bonds is 4. The molecule has 2 aromatic carbocycles. The summed E-state index contributed by atoms with van der Waals surface area (Å²) in [6, 6.07) is 19.1. The van der Waals surface area contributed by atoms with Gasteiger partial charge in [-0.2, -0.15) is 0 Å². The maximum Gasteiger partial charge on any atom is 0.235 e. The maximum atomic E-state index is 11.7. The van der Waals surface area contributed by atoms with Gasteiger partial charge in [-0.25, -0.2) is 0 Å². The Kier molecular flexibility index (Phi) is 3.93. The number of benzene rings is 2. The van der Waals surface area contributed by atoms with E-state index in [1.54, 1.807) is 0 Å². The highest BCUT2D eigenvalue weighted by molar-refractivity contribution is 6.27. The van der Waals surface area contributed by atoms with E-state index in [-0.39, 0.29) is 17.8 Å². The molecular weight excluding hydrogens is 286 g/mol. The fourth-order valence-electron chi connectivity index (χ4n) is 2.31. The molecule has 1 unspecified atom stereocenters. The number of hydrogen-bond acceptors (Lipinski definition) is 2. The zero-order valence-electron chi connectivity index (χ0n) is 11.3. The molecule has 1 heterocycles. The second kappa shape index (κ2) is 6.02. The zero-order chi connectivity index (χ0) is 14.7. The van der Waals surface area contributed by atoms with Gasteiger partial charge in [0.05, 0.1) is 0 Å². The molecule has 0 spiro atoms. The van der Waals surface area contributed by atoms with Crippen LogP contribution in [0.15, 0.2) is 65.1 Å². The number of furan rings is 1. The largest absolute Gasteiger partial charge is 0.459 e. The van der Waals surface area contributed by atoms with Gasteiger partial charge < -0.3 is 9.73 Å². The van der Waals surface area contributed by atoms with Crippen LogP contribution in [0.5, 0.6) is 0 Å². The molecule has 1 aromatic heterocycles. The van der Waals surface area contributed by atoms with E-state index in [0.717, 1.165) is 16.5 Å². The van der Waals surface area contributed by atoms with E-state index >= 15 is 0 Å². The lowest BCUT2D eigenvalue weighted by atomic mass is 10.0. The lowest BCUT2D eigenvalue weighted by Gasteiger charge is -2.16. The first-order valence-electron chi connectivity index (χ1n) is 6.66. The summed E-state index contributed by atoms with van der Waals surface area (Å²) in [7, 11) is 0. The number of amides is 1. The number of para-hydroxylation sites is 1. The summed E-state index contributed by atoms with van der Waals surface area (Å²) < 4.78 is 5.87. The van der Waals surface area contributed by atoms with Gasteiger partial charge in [0.25, 0.3) is 0 Å². The van der Waals surface area contributed by atoms with Crippen LogP contribution in [0.3, 0.4) is 0 Å². The Morgan fingerprint density at radius 2 is 1.81 bits per heavy atom. The minimum absolute atomic E-state index is 0.0798. The molecule has 4 heteroatoms. The van der Waals surface area contributed by atoms with Crippen molar-refractivity contribution in [3.8, 4) is 0 Å². The van der Waals surface area contributed by atoms with E-state index in [1.165, 1.54) is 0 Å². The molecule has 21 heavy (non-hydrogen) atoms. The fourth-order valence-corrected chi connectivity index (χ4v) is 2.39. The van der Waals surface area contributed by atoms with E-state index in [9.17, 15) is 4.79 Å². The molecule has 0 saturated carbocycles. The average molecular weight is 300 g/mol. The van der Waals surface area contributed by atoms with Gasteiger partial charge in [0, 0.05) is 5.39 Å². The molecule has 3 nitrogen and oxygen atoms in total. The quantitative estimate of drug-likeness (QED) is 0.743. The van der Waals surface area contributed by atoms with Gasteiger partial charge in [0.15, 0.2) is 0 Å². The van der Waals surface area contributed by atoms with Gasteiger partial charge in [0.1, 0.15) is 23.3 Å². The molecule has 0 aliphatic rings. The molecule has 106 valence electrons. The van der Waals surface area contributed by atoms with Crippen LogP contribution in [0.1, 0.15) is 17.4 Å². The summed E-state index contributed by atoms with van der Waals surface area (Å²) in [4.78, 5) is 11.7. The van der Waals surface area contributed by atoms with Gasteiger partial charge in [-0.3, -0.25) is 4.79 Å². The van der Waals surface area contributed by atoms with Crippen molar-refractivity contribution in [3.05, 3.63) is 72.0 Å². The van der Waals surface area contributed by atoms with Gasteiger partial charge in [-0.1, -0.05) is 48.5 Å². The van der Waals surface area contributed by atoms with E-state index in [2.05, 4.69) is 5.32 Å². The molecule has 3 aromatic rings. The lowest BCUT2D eigenvalue weighted by molar-refractivity contribution is -0.119. The summed E-state index contributed by atoms with van der Waals surface area (Å²) in [5.74, 6) is 0.385. The molecule has 3 rings (SSSR count). The topological polar surface area (TPSA) is 42.2 Å². The van der Waals surface area contributed by atoms with E-state index in [0.29, 0.717) is 5.76 Å². The molecule has 1 N–H and O–H groups in total. The number of nitrogens with one attached hydrogen (secondary N) is 1. The second-order valence-corrected chi connectivity index (χ2v) is 5.00. The molecule has 0 aliphatic heterocycles. The molecule has 0 radical (unpaired) electrons. The monoisotopic (exact) mass is 299 g/mol. The first kappa shape index (κ1) is 13.7. The van der Waals surface area contributed by atoms with E-state index in [4.69, 9.17) is 16.0 Å². The van der Waals surface area contributed by atoms with Crippen LogP contribution in [0.4, 0.5) is 0 Å². The van der Waals surface area contributed by atoms with Crippen LogP contribution in [0.2, 0.25) is 0 Å². The molecule has 0 fully saturated rings. The van der Waals surface area contributed by atoms with Crippen molar-refractivity contribution in [2.45, 2.75) is 6.04 Å². The lowest BCUT2D eigenvalue weighted by Crippen LogP contribution is -2.29. The first-order valence-corrected chi connectivity index (χ1v) is 7.20. The van der Waals surface area contributed by atoms with Crippen molar-refractivity contribution in [1.82, 2.24) is 5.32 Å². The maximum absolute atomic E-state index is 11.7. The number of alkyl halides is 1. The molecule has 1 atom stereocenters. The Balaban J connectivity index is 2.03. The predicted octanol–water partition coefficient (Wildman–Crippen LogP) is 3.88. The third-order valence-electron chi connectivity index (χ3n) is 3.29. The van der Waals surface area contributed by atoms with E-state index in [1.807, 2.05) is 60.7 Å². The molecular formula is C17H14ClNO2. The van der Waals surface area contributed by atoms with Gasteiger partial charge in [-0.15, -0.1) is 11.6 Å². The van der Waals surface area contributed by atoms with Gasteiger partial charge >= 0.3 is 0 Å². The summed E-state index contributed by atoms with van der Waals surface area (Å²) in [6.07, 6.45) is 0. The highest BCUT2D eigenvalue weighted by Crippen LogP contribution is 2.28. The Morgan fingerprint density at radius 3 is 2.52 bits per heavy atom. The number of hydrogen-bond donors (Lipinski definition) is 1. The van der Waals surface area contributed by atoms with Crippen LogP contribution < -0.4 is 5.32 Å². The minimum atomic E-state index is -0.343. The van der Waals surface area contributed by atoms with Gasteiger partial charge in [0.2, 0.25) is 5.91 Å². The Morgan fingerprint density at radius 1 is 1.10 bits per heavy atom. The van der Waals surface area contributed by atoms with Crippen LogP contribution >= 0.6 is 11.6 Å². The number of fused-ring (bicyclic) bond motifs is 1. The average Bonchev–Trinajstić information content (AvgIpc) is 2.96. The third kappa shape index (κ3) is 2.93. The van der Waals surface area contributed by atoms with E-state index < -0.39 is 0 Å². The highest BCUT2D eigenvalue weighted by Gasteiger charge is 2.20. The van der Waals surface area contributed by atoms with Crippen molar-refractivity contribution in [2.24, 2.45) is 0 Å². The Hall–Kier alpha value is -2.26. The van der Waals surface area contributed by atoms with Crippen molar-refractivity contribution >= 4 is 28.5 Å². The smallest absolute Gasteiger partial charge is 0.235 e. The Labute approximate surface area is 127 Å². The molecule has 0 aliphatic carbocycles. The summed E-state index contributed by atoms with van der Waals surface area (Å²) in [5.41, 5.74) is 1.75. The highest BCUT2D eigenvalue weighted by atomic mass is 35.5. The minimum Gasteiger partial charge on any atom is -0.459 e. The van der Waals surface area contributed by atoms with Crippen molar-refractivity contribution in [2.75, 3.05) is 5.88 Å². The van der Waals surface area contributed by atoms with Crippen LogP contribution in [0.25, 0.3) is 11.0 Å². The standard InChI is InChI=1S/C17H14ClNO2/c18-11-16(20)19-17(12-6-2-1-3-7-12)15-10-13-8-4-5-9-14(13)21-15/h1-10,17H,11H2,(H,19,20). The fraction of sp³-hybridized carbons (Fsp3) is 0.118. The molecule has 0 saturated heterocycles. The molecule has 1 amide bonds. The number of halogens is 1. The summed E-state index contributed by atoms with van der Waals surface area (Å²) in [6.45, 7) is 0. The van der Waals surface area contributed by atoms with Crippen LogP contribution in [-0.2, 0) is 4.79 Å². The van der Waals surface area contributed by atoms with Crippen LogP contribution in [0, 0.1) is 0 Å². The van der Waals surface area contributed by atoms with Crippen molar-refractivity contribution in [1.29, 1.82) is 0 Å². The second-order valence-electron chi connectivity index (χ2n) is 4.73. The SMILES string of the molecule is O=C(CCl)NC(c1ccccc1)c1cc2ccccc2o1. The summed E-state index contributed by atoms with van der Waals surface area (Å²) in [5, 5.41) is 3.90. The predicted molar refractivity (Wildman–Crippen MR) is 83.4 cm³/mol. The number of carbonyl (C=O) groups is 1. The zero-order valence-corrected chi connectivity index (χ0v) is 12.0. The van der Waals surface area contributed by atoms with Crippen molar-refractivity contribution in [3.63, 3.8) is 0 Å². The summed E-state index contributed by atoms with van der Waals surface area (Å²) >= 11 is 5.61. The third-order valence-corrected chi connectivity index (χ3v) is 3.53. The Bertz CT molecular complexity index is 719.